The Labute approximate surface area is 101 Å². The van der Waals surface area contributed by atoms with E-state index in [1.807, 2.05) is 0 Å². The summed E-state index contributed by atoms with van der Waals surface area (Å²) in [6.07, 6.45) is 2.00. The van der Waals surface area contributed by atoms with E-state index in [1.54, 1.807) is 0 Å². The van der Waals surface area contributed by atoms with Crippen LogP contribution in [0.1, 0.15) is 38.2 Å². The van der Waals surface area contributed by atoms with Crippen LogP contribution in [-0.2, 0) is 0 Å². The third-order valence-corrected chi connectivity index (χ3v) is 3.39. The van der Waals surface area contributed by atoms with Gasteiger partial charge >= 0.3 is 0 Å². The molecule has 1 nitrogen and oxygen atoms in total. The Bertz CT molecular complexity index is 370. The van der Waals surface area contributed by atoms with Crippen molar-refractivity contribution in [2.24, 2.45) is 5.92 Å². The minimum absolute atomic E-state index is 0.239. The Morgan fingerprint density at radius 1 is 1.24 bits per heavy atom. The molecule has 2 unspecified atom stereocenters. The van der Waals surface area contributed by atoms with E-state index in [0.717, 1.165) is 31.0 Å². The quantitative estimate of drug-likeness (QED) is 0.851. The summed E-state index contributed by atoms with van der Waals surface area (Å²) < 4.78 is 26.4. The van der Waals surface area contributed by atoms with Crippen LogP contribution in [0.4, 0.5) is 8.78 Å². The number of hydrogen-bond donors (Lipinski definition) is 1. The van der Waals surface area contributed by atoms with Gasteiger partial charge < -0.3 is 5.32 Å². The molecular weight excluding hydrogens is 220 g/mol. The molecule has 0 aliphatic carbocycles. The second-order valence-corrected chi connectivity index (χ2v) is 5.29. The van der Waals surface area contributed by atoms with Crippen molar-refractivity contribution in [2.45, 2.75) is 38.6 Å². The molecule has 1 N–H and O–H groups in total. The molecule has 0 spiro atoms. The lowest BCUT2D eigenvalue weighted by molar-refractivity contribution is 0.432. The monoisotopic (exact) mass is 239 g/mol. The zero-order valence-corrected chi connectivity index (χ0v) is 10.3. The number of nitrogens with one attached hydrogen (secondary N) is 1. The molecule has 17 heavy (non-hydrogen) atoms. The van der Waals surface area contributed by atoms with Crippen LogP contribution in [0.5, 0.6) is 0 Å². The zero-order chi connectivity index (χ0) is 12.4. The Hall–Kier alpha value is -0.960. The van der Waals surface area contributed by atoms with Gasteiger partial charge in [0.25, 0.3) is 0 Å². The van der Waals surface area contributed by atoms with E-state index in [-0.39, 0.29) is 5.92 Å². The van der Waals surface area contributed by atoms with Crippen LogP contribution in [0.15, 0.2) is 18.2 Å². The summed E-state index contributed by atoms with van der Waals surface area (Å²) in [7, 11) is 0. The van der Waals surface area contributed by atoms with Gasteiger partial charge in [-0.15, -0.1) is 0 Å². The van der Waals surface area contributed by atoms with E-state index >= 15 is 0 Å². The molecule has 1 aliphatic rings. The van der Waals surface area contributed by atoms with Crippen LogP contribution in [0.3, 0.4) is 0 Å². The van der Waals surface area contributed by atoms with Gasteiger partial charge in [-0.25, -0.2) is 8.78 Å². The summed E-state index contributed by atoms with van der Waals surface area (Å²) in [4.78, 5) is 0. The summed E-state index contributed by atoms with van der Waals surface area (Å²) in [6.45, 7) is 5.27. The first-order valence-corrected chi connectivity index (χ1v) is 6.25. The lowest BCUT2D eigenvalue weighted by Gasteiger charge is -2.21. The third-order valence-electron chi connectivity index (χ3n) is 3.39. The summed E-state index contributed by atoms with van der Waals surface area (Å²) in [5.74, 6) is -0.125. The highest BCUT2D eigenvalue weighted by molar-refractivity contribution is 5.24. The molecular formula is C14H19F2N. The van der Waals surface area contributed by atoms with Crippen LogP contribution >= 0.6 is 0 Å². The van der Waals surface area contributed by atoms with Gasteiger partial charge in [0.2, 0.25) is 0 Å². The zero-order valence-electron chi connectivity index (χ0n) is 10.3. The van der Waals surface area contributed by atoms with Gasteiger partial charge in [-0.1, -0.05) is 13.8 Å². The van der Waals surface area contributed by atoms with Crippen molar-refractivity contribution in [2.75, 3.05) is 6.54 Å². The molecule has 0 radical (unpaired) electrons. The van der Waals surface area contributed by atoms with Crippen LogP contribution in [0.2, 0.25) is 0 Å². The lowest BCUT2D eigenvalue weighted by atomic mass is 9.87. The normalized spacial score (nSPS) is 24.5. The fourth-order valence-corrected chi connectivity index (χ4v) is 2.71. The van der Waals surface area contributed by atoms with Crippen molar-refractivity contribution in [3.63, 3.8) is 0 Å². The summed E-state index contributed by atoms with van der Waals surface area (Å²) in [5.41, 5.74) is 0.790. The molecule has 0 aromatic heterocycles. The number of benzene rings is 1. The van der Waals surface area contributed by atoms with E-state index in [1.165, 1.54) is 12.1 Å². The fraction of sp³-hybridized carbons (Fsp3) is 0.571. The van der Waals surface area contributed by atoms with Crippen LogP contribution < -0.4 is 5.32 Å². The Morgan fingerprint density at radius 3 is 2.47 bits per heavy atom. The molecule has 1 saturated heterocycles. The predicted octanol–water partition coefficient (Wildman–Crippen LogP) is 3.46. The number of rotatable bonds is 3. The van der Waals surface area contributed by atoms with Gasteiger partial charge in [0.1, 0.15) is 11.6 Å². The second-order valence-electron chi connectivity index (χ2n) is 5.29. The van der Waals surface area contributed by atoms with Crippen LogP contribution in [-0.4, -0.2) is 12.6 Å². The van der Waals surface area contributed by atoms with E-state index in [4.69, 9.17) is 0 Å². The van der Waals surface area contributed by atoms with Gasteiger partial charge in [-0.05, 0) is 43.0 Å². The van der Waals surface area contributed by atoms with Crippen molar-refractivity contribution >= 4 is 0 Å². The maximum atomic E-state index is 13.2. The molecule has 94 valence electrons. The Kier molecular flexibility index (Phi) is 3.77. The molecule has 0 saturated carbocycles. The molecule has 1 fully saturated rings. The lowest BCUT2D eigenvalue weighted by Crippen LogP contribution is -2.27. The highest BCUT2D eigenvalue weighted by Gasteiger charge is 2.29. The van der Waals surface area contributed by atoms with Crippen molar-refractivity contribution in [3.05, 3.63) is 35.4 Å². The van der Waals surface area contributed by atoms with E-state index in [2.05, 4.69) is 19.2 Å². The van der Waals surface area contributed by atoms with Gasteiger partial charge in [0, 0.05) is 18.0 Å². The largest absolute Gasteiger partial charge is 0.313 e. The molecule has 3 heteroatoms. The molecule has 2 atom stereocenters. The molecule has 0 amide bonds. The Balaban J connectivity index is 2.19. The standard InChI is InChI=1S/C14H19F2N/c1-9(2)5-14-13(3-4-17-14)10-6-11(15)8-12(16)7-10/h6-9,13-14,17H,3-5H2,1-2H3. The van der Waals surface area contributed by atoms with Crippen molar-refractivity contribution in [3.8, 4) is 0 Å². The molecule has 1 heterocycles. The van der Waals surface area contributed by atoms with Crippen molar-refractivity contribution in [1.29, 1.82) is 0 Å². The van der Waals surface area contributed by atoms with E-state index in [0.29, 0.717) is 12.0 Å². The Morgan fingerprint density at radius 2 is 1.88 bits per heavy atom. The highest BCUT2D eigenvalue weighted by Crippen LogP contribution is 2.31. The third kappa shape index (κ3) is 3.03. The van der Waals surface area contributed by atoms with E-state index < -0.39 is 11.6 Å². The summed E-state index contributed by atoms with van der Waals surface area (Å²) >= 11 is 0. The maximum Gasteiger partial charge on any atom is 0.126 e. The average molecular weight is 239 g/mol. The van der Waals surface area contributed by atoms with Gasteiger partial charge in [-0.3, -0.25) is 0 Å². The average Bonchev–Trinajstić information content (AvgIpc) is 2.63. The van der Waals surface area contributed by atoms with Gasteiger partial charge in [0.15, 0.2) is 0 Å². The number of hydrogen-bond acceptors (Lipinski definition) is 1. The fourth-order valence-electron chi connectivity index (χ4n) is 2.71. The smallest absolute Gasteiger partial charge is 0.126 e. The topological polar surface area (TPSA) is 12.0 Å². The SMILES string of the molecule is CC(C)CC1NCCC1c1cc(F)cc(F)c1. The molecule has 2 rings (SSSR count). The minimum Gasteiger partial charge on any atom is -0.313 e. The van der Waals surface area contributed by atoms with Crippen LogP contribution in [0, 0.1) is 17.6 Å². The highest BCUT2D eigenvalue weighted by atomic mass is 19.1. The van der Waals surface area contributed by atoms with E-state index in [9.17, 15) is 8.78 Å². The van der Waals surface area contributed by atoms with Gasteiger partial charge in [-0.2, -0.15) is 0 Å². The summed E-state index contributed by atoms with van der Waals surface area (Å²) in [5, 5.41) is 3.43. The minimum atomic E-state index is -0.477. The van der Waals surface area contributed by atoms with Crippen molar-refractivity contribution < 1.29 is 8.78 Å². The van der Waals surface area contributed by atoms with Crippen molar-refractivity contribution in [1.82, 2.24) is 5.32 Å². The molecule has 1 aliphatic heterocycles. The second kappa shape index (κ2) is 5.13. The first-order chi connectivity index (χ1) is 8.06. The first kappa shape index (κ1) is 12.5. The molecule has 1 aromatic rings. The molecule has 0 bridgehead atoms. The first-order valence-electron chi connectivity index (χ1n) is 6.25. The van der Waals surface area contributed by atoms with Crippen LogP contribution in [0.25, 0.3) is 0 Å². The number of halogens is 2. The maximum absolute atomic E-state index is 13.2. The van der Waals surface area contributed by atoms with Gasteiger partial charge in [0.05, 0.1) is 0 Å². The summed E-state index contributed by atoms with van der Waals surface area (Å²) in [6, 6.07) is 4.21. The predicted molar refractivity (Wildman–Crippen MR) is 65.0 cm³/mol. The molecule has 1 aromatic carbocycles.